The van der Waals surface area contributed by atoms with E-state index < -0.39 is 0 Å². The van der Waals surface area contributed by atoms with Crippen molar-refractivity contribution in [1.82, 2.24) is 15.1 Å². The molecule has 0 fully saturated rings. The molecule has 0 atom stereocenters. The largest absolute Gasteiger partial charge is 0.395 e. The zero-order valence-electron chi connectivity index (χ0n) is 12.8. The minimum Gasteiger partial charge on any atom is -0.395 e. The maximum absolute atomic E-state index is 12.2. The molecule has 0 aliphatic heterocycles. The average Bonchev–Trinajstić information content (AvgIpc) is 2.52. The number of anilines is 1. The third-order valence-corrected chi connectivity index (χ3v) is 3.69. The highest BCUT2D eigenvalue weighted by Gasteiger charge is 2.21. The SMILES string of the molecule is Cc1nn(C)c(C(=O)NCC(C(C)C)C(C)C)c1N. The lowest BCUT2D eigenvalue weighted by Gasteiger charge is -2.25. The van der Waals surface area contributed by atoms with Gasteiger partial charge in [0.2, 0.25) is 0 Å². The highest BCUT2D eigenvalue weighted by atomic mass is 16.2. The van der Waals surface area contributed by atoms with Crippen LogP contribution in [0.2, 0.25) is 0 Å². The summed E-state index contributed by atoms with van der Waals surface area (Å²) >= 11 is 0. The van der Waals surface area contributed by atoms with Crippen LogP contribution in [0.15, 0.2) is 0 Å². The van der Waals surface area contributed by atoms with Crippen LogP contribution < -0.4 is 11.1 Å². The zero-order chi connectivity index (χ0) is 14.7. The summed E-state index contributed by atoms with van der Waals surface area (Å²) in [5, 5.41) is 7.14. The van der Waals surface area contributed by atoms with Gasteiger partial charge in [-0.25, -0.2) is 0 Å². The fourth-order valence-electron chi connectivity index (χ4n) is 2.48. The highest BCUT2D eigenvalue weighted by molar-refractivity contribution is 5.97. The van der Waals surface area contributed by atoms with Crippen LogP contribution in [0, 0.1) is 24.7 Å². The van der Waals surface area contributed by atoms with Gasteiger partial charge in [0, 0.05) is 13.6 Å². The molecule has 1 rings (SSSR count). The van der Waals surface area contributed by atoms with Gasteiger partial charge < -0.3 is 11.1 Å². The number of amides is 1. The van der Waals surface area contributed by atoms with E-state index in [4.69, 9.17) is 5.73 Å². The van der Waals surface area contributed by atoms with Crippen LogP contribution in [0.3, 0.4) is 0 Å². The van der Waals surface area contributed by atoms with E-state index in [0.717, 1.165) is 0 Å². The smallest absolute Gasteiger partial charge is 0.271 e. The molecule has 0 aromatic carbocycles. The Morgan fingerprint density at radius 1 is 1.32 bits per heavy atom. The molecule has 19 heavy (non-hydrogen) atoms. The first-order valence-electron chi connectivity index (χ1n) is 6.83. The number of carbonyl (C=O) groups is 1. The second-order valence-corrected chi connectivity index (χ2v) is 5.83. The van der Waals surface area contributed by atoms with E-state index in [2.05, 4.69) is 38.1 Å². The summed E-state index contributed by atoms with van der Waals surface area (Å²) in [6.45, 7) is 11.2. The number of nitrogens with zero attached hydrogens (tertiary/aromatic N) is 2. The van der Waals surface area contributed by atoms with Gasteiger partial charge in [-0.05, 0) is 24.7 Å². The van der Waals surface area contributed by atoms with Crippen molar-refractivity contribution >= 4 is 11.6 Å². The van der Waals surface area contributed by atoms with E-state index >= 15 is 0 Å². The first-order valence-corrected chi connectivity index (χ1v) is 6.83. The summed E-state index contributed by atoms with van der Waals surface area (Å²) in [7, 11) is 1.74. The van der Waals surface area contributed by atoms with Gasteiger partial charge in [0.1, 0.15) is 5.69 Å². The van der Waals surface area contributed by atoms with E-state index in [1.165, 1.54) is 0 Å². The highest BCUT2D eigenvalue weighted by Crippen LogP contribution is 2.20. The van der Waals surface area contributed by atoms with Crippen LogP contribution in [0.4, 0.5) is 5.69 Å². The quantitative estimate of drug-likeness (QED) is 0.855. The van der Waals surface area contributed by atoms with E-state index in [1.54, 1.807) is 18.7 Å². The van der Waals surface area contributed by atoms with E-state index in [0.29, 0.717) is 41.4 Å². The molecular weight excluding hydrogens is 240 g/mol. The molecule has 0 radical (unpaired) electrons. The fraction of sp³-hybridized carbons (Fsp3) is 0.714. The summed E-state index contributed by atoms with van der Waals surface area (Å²) in [6.07, 6.45) is 0. The molecule has 1 aromatic heterocycles. The molecule has 1 aromatic rings. The Balaban J connectivity index is 2.75. The van der Waals surface area contributed by atoms with Gasteiger partial charge >= 0.3 is 0 Å². The molecule has 108 valence electrons. The van der Waals surface area contributed by atoms with Crippen molar-refractivity contribution in [2.45, 2.75) is 34.6 Å². The number of aromatic nitrogens is 2. The molecule has 0 aliphatic carbocycles. The topological polar surface area (TPSA) is 72.9 Å². The standard InChI is InChI=1S/C14H26N4O/c1-8(2)11(9(3)4)7-16-14(19)13-12(15)10(5)17-18(13)6/h8-9,11H,7,15H2,1-6H3,(H,16,19). The monoisotopic (exact) mass is 266 g/mol. The first-order chi connectivity index (χ1) is 8.75. The third kappa shape index (κ3) is 3.49. The van der Waals surface area contributed by atoms with Crippen molar-refractivity contribution in [3.8, 4) is 0 Å². The van der Waals surface area contributed by atoms with Gasteiger partial charge in [0.05, 0.1) is 11.4 Å². The predicted octanol–water partition coefficient (Wildman–Crippen LogP) is 1.97. The normalized spacial score (nSPS) is 11.6. The van der Waals surface area contributed by atoms with Crippen molar-refractivity contribution < 1.29 is 4.79 Å². The Kier molecular flexibility index (Phi) is 4.97. The Morgan fingerprint density at radius 2 is 1.84 bits per heavy atom. The number of hydrogen-bond donors (Lipinski definition) is 2. The number of nitrogens with two attached hydrogens (primary N) is 1. The molecule has 0 spiro atoms. The molecular formula is C14H26N4O. The van der Waals surface area contributed by atoms with Gasteiger partial charge in [-0.15, -0.1) is 0 Å². The van der Waals surface area contributed by atoms with Gasteiger partial charge in [0.25, 0.3) is 5.91 Å². The lowest BCUT2D eigenvalue weighted by molar-refractivity contribution is 0.0928. The van der Waals surface area contributed by atoms with Gasteiger partial charge in [-0.1, -0.05) is 27.7 Å². The Hall–Kier alpha value is -1.52. The molecule has 5 heteroatoms. The van der Waals surface area contributed by atoms with Crippen molar-refractivity contribution in [3.63, 3.8) is 0 Å². The first kappa shape index (κ1) is 15.5. The van der Waals surface area contributed by atoms with Crippen LogP contribution in [0.25, 0.3) is 0 Å². The summed E-state index contributed by atoms with van der Waals surface area (Å²) in [5.74, 6) is 1.38. The van der Waals surface area contributed by atoms with Crippen molar-refractivity contribution in [2.75, 3.05) is 12.3 Å². The number of carbonyl (C=O) groups excluding carboxylic acids is 1. The maximum Gasteiger partial charge on any atom is 0.271 e. The maximum atomic E-state index is 12.2. The molecule has 3 N–H and O–H groups in total. The van der Waals surface area contributed by atoms with Crippen molar-refractivity contribution in [1.29, 1.82) is 0 Å². The minimum absolute atomic E-state index is 0.146. The number of aryl methyl sites for hydroxylation is 2. The molecule has 5 nitrogen and oxygen atoms in total. The van der Waals surface area contributed by atoms with Gasteiger partial charge in [-0.2, -0.15) is 5.10 Å². The summed E-state index contributed by atoms with van der Waals surface area (Å²) in [4.78, 5) is 12.2. The zero-order valence-corrected chi connectivity index (χ0v) is 12.8. The van der Waals surface area contributed by atoms with E-state index in [1.807, 2.05) is 0 Å². The van der Waals surface area contributed by atoms with Crippen molar-refractivity contribution in [3.05, 3.63) is 11.4 Å². The Bertz CT molecular complexity index is 441. The number of rotatable bonds is 5. The van der Waals surface area contributed by atoms with Gasteiger partial charge in [-0.3, -0.25) is 9.48 Å². The lowest BCUT2D eigenvalue weighted by Crippen LogP contribution is -2.35. The van der Waals surface area contributed by atoms with Crippen LogP contribution in [-0.4, -0.2) is 22.2 Å². The molecule has 0 unspecified atom stereocenters. The number of hydrogen-bond acceptors (Lipinski definition) is 3. The lowest BCUT2D eigenvalue weighted by atomic mass is 9.85. The molecule has 0 saturated heterocycles. The predicted molar refractivity (Wildman–Crippen MR) is 77.9 cm³/mol. The second-order valence-electron chi connectivity index (χ2n) is 5.83. The Labute approximate surface area is 115 Å². The summed E-state index contributed by atoms with van der Waals surface area (Å²) in [5.41, 5.74) is 7.49. The molecule has 0 aliphatic rings. The van der Waals surface area contributed by atoms with Crippen LogP contribution in [0.1, 0.15) is 43.9 Å². The third-order valence-electron chi connectivity index (χ3n) is 3.69. The van der Waals surface area contributed by atoms with Crippen LogP contribution in [-0.2, 0) is 7.05 Å². The second kappa shape index (κ2) is 6.08. The Morgan fingerprint density at radius 3 is 2.21 bits per heavy atom. The molecule has 0 bridgehead atoms. The van der Waals surface area contributed by atoms with E-state index in [9.17, 15) is 4.79 Å². The van der Waals surface area contributed by atoms with Crippen molar-refractivity contribution in [2.24, 2.45) is 24.8 Å². The molecule has 1 heterocycles. The number of nitrogen functional groups attached to an aromatic ring is 1. The summed E-state index contributed by atoms with van der Waals surface area (Å²) in [6, 6.07) is 0. The molecule has 1 amide bonds. The summed E-state index contributed by atoms with van der Waals surface area (Å²) < 4.78 is 1.54. The average molecular weight is 266 g/mol. The van der Waals surface area contributed by atoms with Crippen LogP contribution in [0.5, 0.6) is 0 Å². The number of nitrogens with one attached hydrogen (secondary N) is 1. The van der Waals surface area contributed by atoms with E-state index in [-0.39, 0.29) is 5.91 Å². The fourth-order valence-corrected chi connectivity index (χ4v) is 2.48. The van der Waals surface area contributed by atoms with Crippen LogP contribution >= 0.6 is 0 Å². The molecule has 0 saturated carbocycles. The van der Waals surface area contributed by atoms with Gasteiger partial charge in [0.15, 0.2) is 0 Å². The minimum atomic E-state index is -0.146.